The number of aromatic amines is 1. The Hall–Kier alpha value is -3.16. The molecule has 0 spiro atoms. The quantitative estimate of drug-likeness (QED) is 0.695. The van der Waals surface area contributed by atoms with Gasteiger partial charge in [-0.3, -0.25) is 4.79 Å². The normalized spacial score (nSPS) is 16.6. The summed E-state index contributed by atoms with van der Waals surface area (Å²) in [6, 6.07) is 7.54. The lowest BCUT2D eigenvalue weighted by molar-refractivity contribution is 0.0931. The molecule has 3 aromatic heterocycles. The minimum absolute atomic E-state index is 0.0292. The number of aryl methyl sites for hydroxylation is 1. The molecule has 27 heavy (non-hydrogen) atoms. The van der Waals surface area contributed by atoms with E-state index in [0.29, 0.717) is 18.2 Å². The largest absolute Gasteiger partial charge is 0.361 e. The predicted octanol–water partition coefficient (Wildman–Crippen LogP) is 2.42. The molecular formula is C19H22N6O2. The molecule has 8 nitrogen and oxygen atoms in total. The zero-order valence-corrected chi connectivity index (χ0v) is 15.2. The van der Waals surface area contributed by atoms with Gasteiger partial charge in [0, 0.05) is 44.0 Å². The number of nitrogens with one attached hydrogen (secondary N) is 2. The van der Waals surface area contributed by atoms with Gasteiger partial charge in [-0.05, 0) is 31.0 Å². The van der Waals surface area contributed by atoms with Crippen LogP contribution in [0, 0.1) is 0 Å². The maximum absolute atomic E-state index is 12.4. The Balaban J connectivity index is 1.38. The Morgan fingerprint density at radius 1 is 1.44 bits per heavy atom. The monoisotopic (exact) mass is 366 g/mol. The summed E-state index contributed by atoms with van der Waals surface area (Å²) >= 11 is 0. The number of carbonyl (C=O) groups excluding carboxylic acids is 1. The Bertz CT molecular complexity index is 905. The highest BCUT2D eigenvalue weighted by Crippen LogP contribution is 2.20. The van der Waals surface area contributed by atoms with Crippen LogP contribution >= 0.6 is 0 Å². The first-order valence-electron chi connectivity index (χ1n) is 9.21. The third-order valence-electron chi connectivity index (χ3n) is 4.61. The van der Waals surface area contributed by atoms with Crippen LogP contribution < -0.4 is 10.2 Å². The molecule has 8 heteroatoms. The number of aromatic nitrogens is 4. The fourth-order valence-corrected chi connectivity index (χ4v) is 3.24. The average Bonchev–Trinajstić information content (AvgIpc) is 3.44. The molecule has 0 aliphatic carbocycles. The van der Waals surface area contributed by atoms with E-state index >= 15 is 0 Å². The maximum Gasteiger partial charge on any atom is 0.273 e. The fourth-order valence-electron chi connectivity index (χ4n) is 3.24. The summed E-state index contributed by atoms with van der Waals surface area (Å²) in [5.74, 6) is 1.21. The molecule has 0 bridgehead atoms. The van der Waals surface area contributed by atoms with Gasteiger partial charge < -0.3 is 19.7 Å². The van der Waals surface area contributed by atoms with Gasteiger partial charge in [0.15, 0.2) is 5.69 Å². The summed E-state index contributed by atoms with van der Waals surface area (Å²) in [6.45, 7) is 3.51. The smallest absolute Gasteiger partial charge is 0.273 e. The first-order chi connectivity index (χ1) is 13.2. The van der Waals surface area contributed by atoms with E-state index in [4.69, 9.17) is 4.52 Å². The number of rotatable bonds is 6. The van der Waals surface area contributed by atoms with Gasteiger partial charge in [0.1, 0.15) is 5.76 Å². The molecule has 4 heterocycles. The second-order valence-electron chi connectivity index (χ2n) is 6.66. The zero-order chi connectivity index (χ0) is 18.6. The Morgan fingerprint density at radius 3 is 3.19 bits per heavy atom. The molecule has 1 aliphatic heterocycles. The van der Waals surface area contributed by atoms with Crippen molar-refractivity contribution < 1.29 is 9.32 Å². The highest BCUT2D eigenvalue weighted by molar-refractivity contribution is 5.92. The standard InChI is InChI=1S/C19H22N6O2/c1-2-4-14-11-17(24-27-14)18(26)22-13-7-10-25(12-13)19-21-9-6-16(23-19)15-5-3-8-20-15/h3,5-6,8-9,11,13,20H,2,4,7,10,12H2,1H3,(H,22,26). The van der Waals surface area contributed by atoms with E-state index in [0.717, 1.165) is 43.0 Å². The molecule has 0 saturated carbocycles. The highest BCUT2D eigenvalue weighted by atomic mass is 16.5. The van der Waals surface area contributed by atoms with Crippen LogP contribution in [-0.2, 0) is 6.42 Å². The number of amides is 1. The van der Waals surface area contributed by atoms with Crippen molar-refractivity contribution in [2.75, 3.05) is 18.0 Å². The van der Waals surface area contributed by atoms with Gasteiger partial charge in [-0.15, -0.1) is 0 Å². The van der Waals surface area contributed by atoms with E-state index in [2.05, 4.69) is 37.2 Å². The topological polar surface area (TPSA) is 99.9 Å². The van der Waals surface area contributed by atoms with Crippen molar-refractivity contribution in [3.63, 3.8) is 0 Å². The van der Waals surface area contributed by atoms with E-state index in [1.807, 2.05) is 24.4 Å². The Morgan fingerprint density at radius 2 is 2.37 bits per heavy atom. The van der Waals surface area contributed by atoms with E-state index in [-0.39, 0.29) is 11.9 Å². The fraction of sp³-hybridized carbons (Fsp3) is 0.368. The molecule has 1 amide bonds. The van der Waals surface area contributed by atoms with Gasteiger partial charge in [0.25, 0.3) is 5.91 Å². The number of hydrogen-bond acceptors (Lipinski definition) is 6. The SMILES string of the molecule is CCCc1cc(C(=O)NC2CCN(c3nccc(-c4ccc[nH]4)n3)C2)no1. The van der Waals surface area contributed by atoms with Crippen LogP contribution in [0.15, 0.2) is 41.2 Å². The molecule has 1 fully saturated rings. The predicted molar refractivity (Wildman–Crippen MR) is 100 cm³/mol. The number of hydrogen-bond donors (Lipinski definition) is 2. The lowest BCUT2D eigenvalue weighted by Gasteiger charge is -2.17. The van der Waals surface area contributed by atoms with Crippen LogP contribution in [0.4, 0.5) is 5.95 Å². The summed E-state index contributed by atoms with van der Waals surface area (Å²) in [4.78, 5) is 26.6. The van der Waals surface area contributed by atoms with Gasteiger partial charge in [-0.2, -0.15) is 0 Å². The minimum atomic E-state index is -0.200. The van der Waals surface area contributed by atoms with Gasteiger partial charge in [0.2, 0.25) is 5.95 Å². The van der Waals surface area contributed by atoms with Crippen LogP contribution in [0.5, 0.6) is 0 Å². The van der Waals surface area contributed by atoms with Crippen molar-refractivity contribution in [2.45, 2.75) is 32.2 Å². The van der Waals surface area contributed by atoms with E-state index < -0.39 is 0 Å². The second-order valence-corrected chi connectivity index (χ2v) is 6.66. The summed E-state index contributed by atoms with van der Waals surface area (Å²) in [7, 11) is 0. The molecule has 0 radical (unpaired) electrons. The summed E-state index contributed by atoms with van der Waals surface area (Å²) in [6.07, 6.45) is 6.20. The molecule has 0 aromatic carbocycles. The minimum Gasteiger partial charge on any atom is -0.361 e. The van der Waals surface area contributed by atoms with Crippen LogP contribution in [0.3, 0.4) is 0 Å². The van der Waals surface area contributed by atoms with Crippen LogP contribution in [0.2, 0.25) is 0 Å². The van der Waals surface area contributed by atoms with E-state index in [1.54, 1.807) is 12.3 Å². The summed E-state index contributed by atoms with van der Waals surface area (Å²) in [5, 5.41) is 6.89. The number of nitrogens with zero attached hydrogens (tertiary/aromatic N) is 4. The van der Waals surface area contributed by atoms with Crippen molar-refractivity contribution in [2.24, 2.45) is 0 Å². The van der Waals surface area contributed by atoms with Crippen LogP contribution in [-0.4, -0.2) is 45.1 Å². The maximum atomic E-state index is 12.4. The average molecular weight is 366 g/mol. The van der Waals surface area contributed by atoms with Gasteiger partial charge in [0.05, 0.1) is 11.4 Å². The summed E-state index contributed by atoms with van der Waals surface area (Å²) < 4.78 is 5.19. The lowest BCUT2D eigenvalue weighted by Crippen LogP contribution is -2.37. The molecule has 1 saturated heterocycles. The molecule has 2 N–H and O–H groups in total. The number of anilines is 1. The lowest BCUT2D eigenvalue weighted by atomic mass is 10.2. The van der Waals surface area contributed by atoms with Crippen molar-refractivity contribution in [3.8, 4) is 11.4 Å². The molecular weight excluding hydrogens is 344 g/mol. The van der Waals surface area contributed by atoms with Crippen molar-refractivity contribution in [1.29, 1.82) is 0 Å². The molecule has 140 valence electrons. The van der Waals surface area contributed by atoms with Crippen LogP contribution in [0.1, 0.15) is 36.0 Å². The number of carbonyl (C=O) groups is 1. The molecule has 3 aromatic rings. The molecule has 1 atom stereocenters. The summed E-state index contributed by atoms with van der Waals surface area (Å²) in [5.41, 5.74) is 2.14. The first-order valence-corrected chi connectivity index (χ1v) is 9.21. The third-order valence-corrected chi connectivity index (χ3v) is 4.61. The van der Waals surface area contributed by atoms with E-state index in [9.17, 15) is 4.79 Å². The van der Waals surface area contributed by atoms with E-state index in [1.165, 1.54) is 0 Å². The third kappa shape index (κ3) is 3.84. The molecule has 4 rings (SSSR count). The van der Waals surface area contributed by atoms with Crippen molar-refractivity contribution >= 4 is 11.9 Å². The Labute approximate surface area is 157 Å². The Kier molecular flexibility index (Phi) is 4.86. The first kappa shape index (κ1) is 17.3. The van der Waals surface area contributed by atoms with Crippen molar-refractivity contribution in [1.82, 2.24) is 25.4 Å². The van der Waals surface area contributed by atoms with Crippen molar-refractivity contribution in [3.05, 3.63) is 48.1 Å². The highest BCUT2D eigenvalue weighted by Gasteiger charge is 2.27. The molecule has 1 unspecified atom stereocenters. The van der Waals surface area contributed by atoms with Gasteiger partial charge in [-0.1, -0.05) is 12.1 Å². The van der Waals surface area contributed by atoms with Gasteiger partial charge in [-0.25, -0.2) is 9.97 Å². The van der Waals surface area contributed by atoms with Gasteiger partial charge >= 0.3 is 0 Å². The van der Waals surface area contributed by atoms with Crippen LogP contribution in [0.25, 0.3) is 11.4 Å². The molecule has 1 aliphatic rings. The zero-order valence-electron chi connectivity index (χ0n) is 15.2. The second kappa shape index (κ2) is 7.61. The number of H-pyrrole nitrogens is 1.